The lowest BCUT2D eigenvalue weighted by molar-refractivity contribution is 0.562. The average molecular weight is 275 g/mol. The Morgan fingerprint density at radius 1 is 0.952 bits per heavy atom. The molecule has 4 nitrogen and oxygen atoms in total. The molecule has 21 heavy (non-hydrogen) atoms. The van der Waals surface area contributed by atoms with E-state index in [1.807, 2.05) is 30.3 Å². The number of aromatic nitrogens is 3. The highest BCUT2D eigenvalue weighted by Gasteiger charge is 2.14. The minimum absolute atomic E-state index is 0.544. The molecule has 0 atom stereocenters. The van der Waals surface area contributed by atoms with Crippen molar-refractivity contribution in [1.82, 2.24) is 14.8 Å². The summed E-state index contributed by atoms with van der Waals surface area (Å²) in [6.07, 6.45) is 1.36. The molecule has 102 valence electrons. The molecule has 0 aliphatic carbocycles. The Morgan fingerprint density at radius 3 is 2.57 bits per heavy atom. The van der Waals surface area contributed by atoms with Crippen LogP contribution in [0.3, 0.4) is 0 Å². The number of nitrogens with zero attached hydrogens (tertiary/aromatic N) is 3. The Balaban J connectivity index is 1.91. The van der Waals surface area contributed by atoms with Gasteiger partial charge in [-0.15, -0.1) is 10.2 Å². The largest absolute Gasteiger partial charge is 0.422 e. The van der Waals surface area contributed by atoms with E-state index in [2.05, 4.69) is 45.1 Å². The van der Waals surface area contributed by atoms with Crippen molar-refractivity contribution >= 4 is 10.9 Å². The molecule has 4 heteroatoms. The smallest absolute Gasteiger partial charge is 0.264 e. The van der Waals surface area contributed by atoms with Crippen LogP contribution in [0.2, 0.25) is 0 Å². The Bertz CT molecular complexity index is 864. The molecule has 0 fully saturated rings. The molecule has 0 aliphatic rings. The van der Waals surface area contributed by atoms with Gasteiger partial charge in [0.2, 0.25) is 6.39 Å². The minimum atomic E-state index is 0.544. The number of para-hydroxylation sites is 1. The fourth-order valence-electron chi connectivity index (χ4n) is 2.61. The summed E-state index contributed by atoms with van der Waals surface area (Å²) < 4.78 is 7.59. The lowest BCUT2D eigenvalue weighted by Crippen LogP contribution is -2.01. The molecular formula is C17H13N3O. The van der Waals surface area contributed by atoms with E-state index in [1.54, 1.807) is 0 Å². The molecule has 2 aromatic carbocycles. The van der Waals surface area contributed by atoms with Crippen molar-refractivity contribution < 1.29 is 4.42 Å². The van der Waals surface area contributed by atoms with Crippen LogP contribution in [0.15, 0.2) is 71.5 Å². The van der Waals surface area contributed by atoms with Gasteiger partial charge in [0.25, 0.3) is 5.89 Å². The second-order valence-corrected chi connectivity index (χ2v) is 4.90. The Kier molecular flexibility index (Phi) is 2.78. The van der Waals surface area contributed by atoms with Gasteiger partial charge in [-0.25, -0.2) is 0 Å². The first-order chi connectivity index (χ1) is 10.4. The fraction of sp³-hybridized carbons (Fsp3) is 0.0588. The van der Waals surface area contributed by atoms with Crippen LogP contribution in [0, 0.1) is 0 Å². The van der Waals surface area contributed by atoms with E-state index in [0.29, 0.717) is 5.89 Å². The summed E-state index contributed by atoms with van der Waals surface area (Å²) in [5, 5.41) is 9.00. The van der Waals surface area contributed by atoms with E-state index < -0.39 is 0 Å². The highest BCUT2D eigenvalue weighted by atomic mass is 16.4. The van der Waals surface area contributed by atoms with Gasteiger partial charge >= 0.3 is 0 Å². The van der Waals surface area contributed by atoms with Gasteiger partial charge in [-0.2, -0.15) is 0 Å². The molecule has 0 saturated heterocycles. The highest BCUT2D eigenvalue weighted by molar-refractivity contribution is 5.85. The maximum atomic E-state index is 5.38. The average Bonchev–Trinajstić information content (AvgIpc) is 3.16. The van der Waals surface area contributed by atoms with Crippen LogP contribution in [-0.2, 0) is 6.54 Å². The van der Waals surface area contributed by atoms with Crippen LogP contribution in [0.25, 0.3) is 22.5 Å². The van der Waals surface area contributed by atoms with Gasteiger partial charge in [-0.1, -0.05) is 48.5 Å². The molecular weight excluding hydrogens is 262 g/mol. The molecule has 0 radical (unpaired) electrons. The summed E-state index contributed by atoms with van der Waals surface area (Å²) in [4.78, 5) is 0. The van der Waals surface area contributed by atoms with Crippen molar-refractivity contribution in [2.24, 2.45) is 0 Å². The van der Waals surface area contributed by atoms with Gasteiger partial charge in [-0.3, -0.25) is 0 Å². The predicted molar refractivity (Wildman–Crippen MR) is 80.8 cm³/mol. The van der Waals surface area contributed by atoms with E-state index in [4.69, 9.17) is 4.42 Å². The van der Waals surface area contributed by atoms with Gasteiger partial charge in [0.1, 0.15) is 5.69 Å². The molecule has 0 spiro atoms. The summed E-state index contributed by atoms with van der Waals surface area (Å²) in [5.74, 6) is 0.544. The van der Waals surface area contributed by atoms with E-state index in [0.717, 1.165) is 17.8 Å². The van der Waals surface area contributed by atoms with Gasteiger partial charge < -0.3 is 8.98 Å². The van der Waals surface area contributed by atoms with Gasteiger partial charge in [0.05, 0.1) is 0 Å². The number of benzene rings is 2. The van der Waals surface area contributed by atoms with Crippen molar-refractivity contribution in [3.63, 3.8) is 0 Å². The van der Waals surface area contributed by atoms with Gasteiger partial charge in [0.15, 0.2) is 0 Å². The lowest BCUT2D eigenvalue weighted by Gasteiger charge is -2.08. The predicted octanol–water partition coefficient (Wildman–Crippen LogP) is 3.74. The van der Waals surface area contributed by atoms with Crippen molar-refractivity contribution in [2.45, 2.75) is 6.54 Å². The topological polar surface area (TPSA) is 43.9 Å². The maximum Gasteiger partial charge on any atom is 0.264 e. The van der Waals surface area contributed by atoms with Crippen molar-refractivity contribution in [3.8, 4) is 11.6 Å². The molecule has 0 unspecified atom stereocenters. The second-order valence-electron chi connectivity index (χ2n) is 4.90. The summed E-state index contributed by atoms with van der Waals surface area (Å²) in [5.41, 5.74) is 3.34. The Hall–Kier alpha value is -2.88. The number of rotatable bonds is 3. The third kappa shape index (κ3) is 2.10. The van der Waals surface area contributed by atoms with Crippen LogP contribution in [0.1, 0.15) is 5.56 Å². The van der Waals surface area contributed by atoms with Crippen molar-refractivity contribution in [3.05, 3.63) is 72.6 Å². The summed E-state index contributed by atoms with van der Waals surface area (Å²) in [6.45, 7) is 0.770. The molecule has 4 aromatic rings. The molecule has 2 aromatic heterocycles. The zero-order valence-electron chi connectivity index (χ0n) is 11.3. The summed E-state index contributed by atoms with van der Waals surface area (Å²) >= 11 is 0. The van der Waals surface area contributed by atoms with E-state index in [-0.39, 0.29) is 0 Å². The van der Waals surface area contributed by atoms with Crippen LogP contribution >= 0.6 is 0 Å². The molecule has 0 N–H and O–H groups in total. The molecule has 4 rings (SSSR count). The molecule has 0 bridgehead atoms. The van der Waals surface area contributed by atoms with Gasteiger partial charge in [-0.05, 0) is 17.7 Å². The van der Waals surface area contributed by atoms with E-state index in [1.165, 1.54) is 17.3 Å². The number of hydrogen-bond acceptors (Lipinski definition) is 3. The third-order valence-electron chi connectivity index (χ3n) is 3.57. The summed E-state index contributed by atoms with van der Waals surface area (Å²) in [7, 11) is 0. The molecule has 0 saturated carbocycles. The first kappa shape index (κ1) is 11.9. The summed E-state index contributed by atoms with van der Waals surface area (Å²) in [6, 6.07) is 20.7. The highest BCUT2D eigenvalue weighted by Crippen LogP contribution is 2.27. The minimum Gasteiger partial charge on any atom is -0.422 e. The monoisotopic (exact) mass is 275 g/mol. The first-order valence-corrected chi connectivity index (χ1v) is 6.80. The van der Waals surface area contributed by atoms with Crippen LogP contribution in [0.4, 0.5) is 0 Å². The fourth-order valence-corrected chi connectivity index (χ4v) is 2.61. The maximum absolute atomic E-state index is 5.38. The third-order valence-corrected chi connectivity index (χ3v) is 3.57. The van der Waals surface area contributed by atoms with Crippen LogP contribution in [-0.4, -0.2) is 14.8 Å². The SMILES string of the molecule is c1ccc(Cn2c(-c3nnco3)cc3ccccc32)cc1. The first-order valence-electron chi connectivity index (χ1n) is 6.80. The molecule has 0 aliphatic heterocycles. The Labute approximate surface area is 121 Å². The van der Waals surface area contributed by atoms with E-state index in [9.17, 15) is 0 Å². The van der Waals surface area contributed by atoms with Crippen LogP contribution < -0.4 is 0 Å². The van der Waals surface area contributed by atoms with E-state index >= 15 is 0 Å². The van der Waals surface area contributed by atoms with Crippen LogP contribution in [0.5, 0.6) is 0 Å². The van der Waals surface area contributed by atoms with Crippen molar-refractivity contribution in [1.29, 1.82) is 0 Å². The van der Waals surface area contributed by atoms with Crippen molar-refractivity contribution in [2.75, 3.05) is 0 Å². The van der Waals surface area contributed by atoms with Gasteiger partial charge in [0, 0.05) is 17.4 Å². The number of hydrogen-bond donors (Lipinski definition) is 0. The quantitative estimate of drug-likeness (QED) is 0.572. The normalized spacial score (nSPS) is 11.0. The second kappa shape index (κ2) is 4.90. The molecule has 0 amide bonds. The Morgan fingerprint density at radius 2 is 1.76 bits per heavy atom. The molecule has 2 heterocycles. The zero-order chi connectivity index (χ0) is 14.1. The lowest BCUT2D eigenvalue weighted by atomic mass is 10.2. The zero-order valence-corrected chi connectivity index (χ0v) is 11.3. The number of fused-ring (bicyclic) bond motifs is 1. The standard InChI is InChI=1S/C17H13N3O/c1-2-6-13(7-3-1)11-20-15-9-5-4-8-14(15)10-16(20)17-19-18-12-21-17/h1-10,12H,11H2.